The van der Waals surface area contributed by atoms with Gasteiger partial charge in [0.05, 0.1) is 11.9 Å². The first-order chi connectivity index (χ1) is 7.75. The molecule has 2 rings (SSSR count). The van der Waals surface area contributed by atoms with Crippen LogP contribution in [0.1, 0.15) is 5.56 Å². The monoisotopic (exact) mass is 216 g/mol. The van der Waals surface area contributed by atoms with Gasteiger partial charge in [-0.15, -0.1) is 0 Å². The standard InChI is InChI=1S/C11H12N4O/c12-10-9(7-14-11(16)15-10)13-6-8-4-2-1-3-5-8/h1-5,7,13H,6H2,(H3,12,14,15,16). The van der Waals surface area contributed by atoms with Crippen molar-refractivity contribution >= 4 is 11.5 Å². The van der Waals surface area contributed by atoms with E-state index in [9.17, 15) is 4.79 Å². The zero-order valence-corrected chi connectivity index (χ0v) is 8.60. The van der Waals surface area contributed by atoms with Gasteiger partial charge in [0.15, 0.2) is 0 Å². The molecule has 16 heavy (non-hydrogen) atoms. The van der Waals surface area contributed by atoms with E-state index < -0.39 is 5.69 Å². The Morgan fingerprint density at radius 1 is 1.31 bits per heavy atom. The summed E-state index contributed by atoms with van der Waals surface area (Å²) >= 11 is 0. The number of hydrogen-bond donors (Lipinski definition) is 3. The summed E-state index contributed by atoms with van der Waals surface area (Å²) in [6, 6.07) is 9.89. The molecule has 0 atom stereocenters. The van der Waals surface area contributed by atoms with Crippen molar-refractivity contribution in [3.05, 3.63) is 52.6 Å². The van der Waals surface area contributed by atoms with Crippen molar-refractivity contribution in [1.82, 2.24) is 9.97 Å². The van der Waals surface area contributed by atoms with Crippen LogP contribution in [0.5, 0.6) is 0 Å². The van der Waals surface area contributed by atoms with Crippen LogP contribution in [0, 0.1) is 0 Å². The Morgan fingerprint density at radius 3 is 2.75 bits per heavy atom. The number of benzene rings is 1. The molecule has 0 radical (unpaired) electrons. The normalized spacial score (nSPS) is 10.0. The van der Waals surface area contributed by atoms with Crippen molar-refractivity contribution in [2.45, 2.75) is 6.54 Å². The Hall–Kier alpha value is -2.30. The number of nitrogens with zero attached hydrogens (tertiary/aromatic N) is 1. The van der Waals surface area contributed by atoms with Gasteiger partial charge in [0, 0.05) is 6.54 Å². The van der Waals surface area contributed by atoms with Gasteiger partial charge < -0.3 is 11.1 Å². The van der Waals surface area contributed by atoms with Crippen molar-refractivity contribution in [3.8, 4) is 0 Å². The number of nitrogens with two attached hydrogens (primary N) is 1. The minimum Gasteiger partial charge on any atom is -0.383 e. The smallest absolute Gasteiger partial charge is 0.346 e. The van der Waals surface area contributed by atoms with E-state index in [-0.39, 0.29) is 0 Å². The van der Waals surface area contributed by atoms with E-state index in [4.69, 9.17) is 5.73 Å². The van der Waals surface area contributed by atoms with E-state index in [0.717, 1.165) is 5.56 Å². The Morgan fingerprint density at radius 2 is 2.06 bits per heavy atom. The number of nitrogen functional groups attached to an aromatic ring is 1. The molecule has 0 unspecified atom stereocenters. The van der Waals surface area contributed by atoms with Crippen molar-refractivity contribution in [2.75, 3.05) is 11.1 Å². The molecule has 82 valence electrons. The van der Waals surface area contributed by atoms with Crippen LogP contribution in [0.25, 0.3) is 0 Å². The highest BCUT2D eigenvalue weighted by molar-refractivity contribution is 5.59. The zero-order chi connectivity index (χ0) is 11.4. The fourth-order valence-electron chi connectivity index (χ4n) is 1.34. The number of H-pyrrole nitrogens is 1. The van der Waals surface area contributed by atoms with Crippen LogP contribution in [0.15, 0.2) is 41.3 Å². The van der Waals surface area contributed by atoms with E-state index >= 15 is 0 Å². The summed E-state index contributed by atoms with van der Waals surface area (Å²) in [5.41, 5.74) is 6.95. The molecule has 0 amide bonds. The SMILES string of the molecule is Nc1[nH]c(=O)ncc1NCc1ccccc1. The molecule has 0 aliphatic heterocycles. The van der Waals surface area contributed by atoms with Crippen molar-refractivity contribution < 1.29 is 0 Å². The summed E-state index contributed by atoms with van der Waals surface area (Å²) in [6.07, 6.45) is 1.43. The summed E-state index contributed by atoms with van der Waals surface area (Å²) in [5.74, 6) is 0.302. The van der Waals surface area contributed by atoms with Crippen molar-refractivity contribution in [2.24, 2.45) is 0 Å². The molecule has 0 aliphatic carbocycles. The highest BCUT2D eigenvalue weighted by atomic mass is 16.1. The van der Waals surface area contributed by atoms with Crippen LogP contribution in [-0.4, -0.2) is 9.97 Å². The number of hydrogen-bond acceptors (Lipinski definition) is 4. The Bertz CT molecular complexity index is 521. The van der Waals surface area contributed by atoms with Crippen LogP contribution in [0.3, 0.4) is 0 Å². The van der Waals surface area contributed by atoms with E-state index in [2.05, 4.69) is 15.3 Å². The maximum Gasteiger partial charge on any atom is 0.346 e. The van der Waals surface area contributed by atoms with Crippen LogP contribution < -0.4 is 16.7 Å². The molecular weight excluding hydrogens is 204 g/mol. The predicted molar refractivity (Wildman–Crippen MR) is 63.0 cm³/mol. The Balaban J connectivity index is 2.08. The second kappa shape index (κ2) is 4.48. The minimum atomic E-state index is -0.442. The zero-order valence-electron chi connectivity index (χ0n) is 8.60. The molecule has 0 bridgehead atoms. The molecule has 0 spiro atoms. The van der Waals surface area contributed by atoms with Crippen molar-refractivity contribution in [3.63, 3.8) is 0 Å². The quantitative estimate of drug-likeness (QED) is 0.713. The van der Waals surface area contributed by atoms with Gasteiger partial charge in [-0.05, 0) is 5.56 Å². The number of aromatic amines is 1. The molecule has 5 heteroatoms. The molecule has 5 nitrogen and oxygen atoms in total. The highest BCUT2D eigenvalue weighted by Gasteiger charge is 1.99. The van der Waals surface area contributed by atoms with E-state index in [1.54, 1.807) is 0 Å². The number of aromatic nitrogens is 2. The number of rotatable bonds is 3. The van der Waals surface area contributed by atoms with E-state index in [1.165, 1.54) is 6.20 Å². The van der Waals surface area contributed by atoms with Gasteiger partial charge in [-0.25, -0.2) is 4.79 Å². The van der Waals surface area contributed by atoms with Crippen LogP contribution in [0.4, 0.5) is 11.5 Å². The molecule has 2 aromatic rings. The third kappa shape index (κ3) is 2.38. The van der Waals surface area contributed by atoms with Gasteiger partial charge in [-0.1, -0.05) is 30.3 Å². The van der Waals surface area contributed by atoms with Crippen LogP contribution in [0.2, 0.25) is 0 Å². The lowest BCUT2D eigenvalue weighted by atomic mass is 10.2. The van der Waals surface area contributed by atoms with Gasteiger partial charge in [0.2, 0.25) is 0 Å². The summed E-state index contributed by atoms with van der Waals surface area (Å²) in [4.78, 5) is 16.9. The second-order valence-electron chi connectivity index (χ2n) is 3.35. The fraction of sp³-hybridized carbons (Fsp3) is 0.0909. The second-order valence-corrected chi connectivity index (χ2v) is 3.35. The molecule has 1 aromatic heterocycles. The Labute approximate surface area is 92.3 Å². The molecule has 1 aromatic carbocycles. The van der Waals surface area contributed by atoms with Gasteiger partial charge in [0.25, 0.3) is 0 Å². The lowest BCUT2D eigenvalue weighted by Crippen LogP contribution is -2.14. The van der Waals surface area contributed by atoms with Gasteiger partial charge in [-0.2, -0.15) is 4.98 Å². The van der Waals surface area contributed by atoms with Gasteiger partial charge in [0.1, 0.15) is 5.82 Å². The summed E-state index contributed by atoms with van der Waals surface area (Å²) in [5, 5.41) is 3.10. The Kier molecular flexibility index (Phi) is 2.86. The first-order valence-corrected chi connectivity index (χ1v) is 4.88. The predicted octanol–water partition coefficient (Wildman–Crippen LogP) is 0.964. The van der Waals surface area contributed by atoms with Gasteiger partial charge in [-0.3, -0.25) is 4.98 Å². The molecule has 0 fully saturated rings. The maximum absolute atomic E-state index is 10.8. The average molecular weight is 216 g/mol. The molecular formula is C11H12N4O. The van der Waals surface area contributed by atoms with E-state index in [1.807, 2.05) is 30.3 Å². The number of nitrogens with one attached hydrogen (secondary N) is 2. The van der Waals surface area contributed by atoms with Crippen LogP contribution in [-0.2, 0) is 6.54 Å². The van der Waals surface area contributed by atoms with Crippen LogP contribution >= 0.6 is 0 Å². The van der Waals surface area contributed by atoms with Gasteiger partial charge >= 0.3 is 5.69 Å². The van der Waals surface area contributed by atoms with Crippen molar-refractivity contribution in [1.29, 1.82) is 0 Å². The summed E-state index contributed by atoms with van der Waals surface area (Å²) in [6.45, 7) is 0.638. The van der Waals surface area contributed by atoms with E-state index in [0.29, 0.717) is 18.1 Å². The first kappa shape index (κ1) is 10.2. The topological polar surface area (TPSA) is 83.8 Å². The third-order valence-electron chi connectivity index (χ3n) is 2.17. The lowest BCUT2D eigenvalue weighted by Gasteiger charge is -2.07. The largest absolute Gasteiger partial charge is 0.383 e. The highest BCUT2D eigenvalue weighted by Crippen LogP contribution is 2.12. The lowest BCUT2D eigenvalue weighted by molar-refractivity contribution is 1.06. The first-order valence-electron chi connectivity index (χ1n) is 4.88. The summed E-state index contributed by atoms with van der Waals surface area (Å²) in [7, 11) is 0. The third-order valence-corrected chi connectivity index (χ3v) is 2.17. The number of anilines is 2. The fourth-order valence-corrected chi connectivity index (χ4v) is 1.34. The molecule has 0 saturated heterocycles. The molecule has 4 N–H and O–H groups in total. The summed E-state index contributed by atoms with van der Waals surface area (Å²) < 4.78 is 0. The minimum absolute atomic E-state index is 0.302. The molecule has 0 saturated carbocycles. The average Bonchev–Trinajstić information content (AvgIpc) is 2.29. The maximum atomic E-state index is 10.8. The molecule has 1 heterocycles. The molecule has 0 aliphatic rings.